The number of hydrogen-bond donors (Lipinski definition) is 2. The summed E-state index contributed by atoms with van der Waals surface area (Å²) in [5, 5.41) is 2.71. The normalized spacial score (nSPS) is 10.8. The summed E-state index contributed by atoms with van der Waals surface area (Å²) in [7, 11) is -3.83. The second-order valence-corrected chi connectivity index (χ2v) is 7.46. The summed E-state index contributed by atoms with van der Waals surface area (Å²) in [4.78, 5) is 20.0. The molecule has 29 heavy (non-hydrogen) atoms. The minimum atomic E-state index is -3.83. The quantitative estimate of drug-likeness (QED) is 0.552. The number of benzene rings is 2. The van der Waals surface area contributed by atoms with Gasteiger partial charge in [0.1, 0.15) is 12.4 Å². The first kappa shape index (κ1) is 20.0. The highest BCUT2D eigenvalue weighted by atomic mass is 32.2. The molecule has 0 saturated carbocycles. The number of nitrogens with one attached hydrogen (secondary N) is 2. The monoisotopic (exact) mass is 410 g/mol. The van der Waals surface area contributed by atoms with E-state index in [2.05, 4.69) is 26.6 Å². The number of rotatable bonds is 8. The molecule has 9 heteroatoms. The van der Waals surface area contributed by atoms with E-state index < -0.39 is 10.0 Å². The highest BCUT2D eigenvalue weighted by Gasteiger charge is 2.15. The van der Waals surface area contributed by atoms with E-state index in [4.69, 9.17) is 4.74 Å². The Hall–Kier alpha value is -3.72. The fraction of sp³-hybridized carbons (Fsp3) is 0.0500. The number of amides is 1. The molecule has 0 aliphatic rings. The van der Waals surface area contributed by atoms with E-state index in [1.54, 1.807) is 36.4 Å². The summed E-state index contributed by atoms with van der Waals surface area (Å²) in [5.41, 5.74) is 0.896. The van der Waals surface area contributed by atoms with Gasteiger partial charge in [-0.3, -0.25) is 4.79 Å². The zero-order valence-corrected chi connectivity index (χ0v) is 16.1. The minimum absolute atomic E-state index is 0.0201. The molecule has 2 aromatic carbocycles. The van der Waals surface area contributed by atoms with Gasteiger partial charge in [-0.15, -0.1) is 0 Å². The van der Waals surface area contributed by atoms with Crippen molar-refractivity contribution in [1.82, 2.24) is 9.97 Å². The van der Waals surface area contributed by atoms with E-state index in [9.17, 15) is 13.2 Å². The molecule has 148 valence electrons. The summed E-state index contributed by atoms with van der Waals surface area (Å²) in [5.74, 6) is 0.281. The summed E-state index contributed by atoms with van der Waals surface area (Å²) >= 11 is 0. The Morgan fingerprint density at radius 1 is 1.03 bits per heavy atom. The van der Waals surface area contributed by atoms with Crippen molar-refractivity contribution in [3.05, 3.63) is 85.2 Å². The van der Waals surface area contributed by atoms with E-state index in [1.165, 1.54) is 36.7 Å². The Morgan fingerprint density at radius 3 is 2.31 bits per heavy atom. The van der Waals surface area contributed by atoms with Crippen LogP contribution >= 0.6 is 0 Å². The van der Waals surface area contributed by atoms with Crippen LogP contribution in [0.25, 0.3) is 0 Å². The number of hydrogen-bond acceptors (Lipinski definition) is 6. The van der Waals surface area contributed by atoms with Crippen molar-refractivity contribution < 1.29 is 17.9 Å². The van der Waals surface area contributed by atoms with Crippen LogP contribution in [-0.4, -0.2) is 30.9 Å². The molecule has 0 saturated heterocycles. The molecular weight excluding hydrogens is 392 g/mol. The van der Waals surface area contributed by atoms with Gasteiger partial charge in [-0.2, -0.15) is 0 Å². The van der Waals surface area contributed by atoms with Crippen LogP contribution in [0.2, 0.25) is 0 Å². The van der Waals surface area contributed by atoms with Crippen molar-refractivity contribution in [1.29, 1.82) is 0 Å². The molecule has 0 aliphatic carbocycles. The largest absolute Gasteiger partial charge is 0.490 e. The number of sulfonamides is 1. The fourth-order valence-electron chi connectivity index (χ4n) is 2.31. The average molecular weight is 410 g/mol. The summed E-state index contributed by atoms with van der Waals surface area (Å²) < 4.78 is 32.4. The maximum atomic E-state index is 12.4. The van der Waals surface area contributed by atoms with Gasteiger partial charge in [-0.05, 0) is 54.6 Å². The van der Waals surface area contributed by atoms with Gasteiger partial charge in [0.25, 0.3) is 15.9 Å². The first-order chi connectivity index (χ1) is 14.0. The molecule has 0 atom stereocenters. The topological polar surface area (TPSA) is 110 Å². The van der Waals surface area contributed by atoms with Crippen LogP contribution in [-0.2, 0) is 10.0 Å². The first-order valence-electron chi connectivity index (χ1n) is 8.53. The summed E-state index contributed by atoms with van der Waals surface area (Å²) in [6.07, 6.45) is 4.50. The van der Waals surface area contributed by atoms with Crippen LogP contribution in [0.15, 0.2) is 84.5 Å². The van der Waals surface area contributed by atoms with Crippen molar-refractivity contribution >= 4 is 27.6 Å². The van der Waals surface area contributed by atoms with Crippen LogP contribution in [0, 0.1) is 0 Å². The smallest absolute Gasteiger partial charge is 0.264 e. The fourth-order valence-corrected chi connectivity index (χ4v) is 3.27. The second kappa shape index (κ2) is 8.98. The average Bonchev–Trinajstić information content (AvgIpc) is 2.73. The number of carbonyl (C=O) groups is 1. The Kier molecular flexibility index (Phi) is 6.20. The molecule has 1 aromatic heterocycles. The number of nitrogens with zero attached hydrogens (tertiary/aromatic N) is 2. The molecule has 1 amide bonds. The summed E-state index contributed by atoms with van der Waals surface area (Å²) in [6, 6.07) is 14.0. The highest BCUT2D eigenvalue weighted by molar-refractivity contribution is 7.92. The van der Waals surface area contributed by atoms with Gasteiger partial charge in [-0.1, -0.05) is 12.7 Å². The molecule has 0 spiro atoms. The Bertz CT molecular complexity index is 1080. The van der Waals surface area contributed by atoms with E-state index in [1.807, 2.05) is 0 Å². The van der Waals surface area contributed by atoms with E-state index >= 15 is 0 Å². The maximum Gasteiger partial charge on any atom is 0.264 e. The third kappa shape index (κ3) is 5.39. The van der Waals surface area contributed by atoms with E-state index in [0.29, 0.717) is 23.6 Å². The minimum Gasteiger partial charge on any atom is -0.490 e. The van der Waals surface area contributed by atoms with Crippen molar-refractivity contribution in [2.75, 3.05) is 16.6 Å². The van der Waals surface area contributed by atoms with Crippen LogP contribution in [0.5, 0.6) is 5.75 Å². The van der Waals surface area contributed by atoms with Crippen molar-refractivity contribution in [2.24, 2.45) is 0 Å². The van der Waals surface area contributed by atoms with Gasteiger partial charge in [0.15, 0.2) is 0 Å². The third-order valence-corrected chi connectivity index (χ3v) is 5.04. The van der Waals surface area contributed by atoms with Gasteiger partial charge in [0.05, 0.1) is 4.90 Å². The van der Waals surface area contributed by atoms with Crippen molar-refractivity contribution in [2.45, 2.75) is 4.90 Å². The third-order valence-electron chi connectivity index (χ3n) is 3.70. The highest BCUT2D eigenvalue weighted by Crippen LogP contribution is 2.18. The lowest BCUT2D eigenvalue weighted by molar-refractivity contribution is 0.102. The SMILES string of the molecule is C=CCOc1ccc(C(=O)Nc2ccc(S(=O)(=O)Nc3ncccn3)cc2)cc1. The zero-order valence-electron chi connectivity index (χ0n) is 15.3. The second-order valence-electron chi connectivity index (χ2n) is 5.78. The van der Waals surface area contributed by atoms with Gasteiger partial charge in [0, 0.05) is 23.6 Å². The number of carbonyl (C=O) groups excluding carboxylic acids is 1. The van der Waals surface area contributed by atoms with Crippen LogP contribution in [0.4, 0.5) is 11.6 Å². The number of anilines is 2. The maximum absolute atomic E-state index is 12.4. The van der Waals surface area contributed by atoms with Gasteiger partial charge in [-0.25, -0.2) is 23.1 Å². The molecule has 3 rings (SSSR count). The number of aromatic nitrogens is 2. The van der Waals surface area contributed by atoms with Crippen LogP contribution < -0.4 is 14.8 Å². The molecule has 0 radical (unpaired) electrons. The van der Waals surface area contributed by atoms with Gasteiger partial charge >= 0.3 is 0 Å². The molecule has 1 heterocycles. The van der Waals surface area contributed by atoms with Crippen molar-refractivity contribution in [3.63, 3.8) is 0 Å². The summed E-state index contributed by atoms with van der Waals surface area (Å²) in [6.45, 7) is 3.95. The van der Waals surface area contributed by atoms with Crippen molar-refractivity contribution in [3.8, 4) is 5.75 Å². The van der Waals surface area contributed by atoms with Crippen LogP contribution in [0.3, 0.4) is 0 Å². The molecular formula is C20H18N4O4S. The predicted molar refractivity (Wildman–Crippen MR) is 109 cm³/mol. The molecule has 0 aliphatic heterocycles. The van der Waals surface area contributed by atoms with E-state index in [-0.39, 0.29) is 16.8 Å². The molecule has 3 aromatic rings. The molecule has 8 nitrogen and oxygen atoms in total. The molecule has 2 N–H and O–H groups in total. The Labute approximate surface area is 168 Å². The standard InChI is InChI=1S/C20H18N4O4S/c1-2-14-28-17-8-4-15(5-9-17)19(25)23-16-6-10-18(11-7-16)29(26,27)24-20-21-12-3-13-22-20/h2-13H,1,14H2,(H,23,25)(H,21,22,24). The van der Waals surface area contributed by atoms with Crippen LogP contribution in [0.1, 0.15) is 10.4 Å². The predicted octanol–water partition coefficient (Wildman–Crippen LogP) is 3.09. The molecule has 0 fully saturated rings. The zero-order chi connectivity index (χ0) is 20.7. The van der Waals surface area contributed by atoms with E-state index in [0.717, 1.165) is 0 Å². The first-order valence-corrected chi connectivity index (χ1v) is 10.0. The molecule has 0 bridgehead atoms. The molecule has 0 unspecified atom stereocenters. The lowest BCUT2D eigenvalue weighted by atomic mass is 10.2. The van der Waals surface area contributed by atoms with Gasteiger partial charge < -0.3 is 10.1 Å². The number of ether oxygens (including phenoxy) is 1. The lowest BCUT2D eigenvalue weighted by Gasteiger charge is -2.09. The lowest BCUT2D eigenvalue weighted by Crippen LogP contribution is -2.15. The Balaban J connectivity index is 1.65. The van der Waals surface area contributed by atoms with Gasteiger partial charge in [0.2, 0.25) is 5.95 Å². The Morgan fingerprint density at radius 2 is 1.69 bits per heavy atom.